The number of aliphatic hydroxyl groups excluding tert-OH is 1. The molecule has 0 aromatic heterocycles. The van der Waals surface area contributed by atoms with Crippen molar-refractivity contribution in [3.8, 4) is 5.75 Å². The van der Waals surface area contributed by atoms with Crippen LogP contribution in [-0.2, 0) is 4.74 Å². The predicted molar refractivity (Wildman–Crippen MR) is 83.3 cm³/mol. The molecule has 1 aromatic rings. The minimum absolute atomic E-state index is 0.213. The van der Waals surface area contributed by atoms with Gasteiger partial charge < -0.3 is 19.5 Å². The van der Waals surface area contributed by atoms with Gasteiger partial charge in [-0.2, -0.15) is 0 Å². The Bertz CT molecular complexity index is 436. The Labute approximate surface area is 127 Å². The molecule has 0 spiro atoms. The molecule has 0 saturated heterocycles. The molecule has 21 heavy (non-hydrogen) atoms. The van der Waals surface area contributed by atoms with Crippen molar-refractivity contribution in [2.24, 2.45) is 5.92 Å². The molecule has 1 saturated carbocycles. The second-order valence-electron chi connectivity index (χ2n) is 6.05. The van der Waals surface area contributed by atoms with Gasteiger partial charge in [0.25, 0.3) is 0 Å². The van der Waals surface area contributed by atoms with E-state index in [-0.39, 0.29) is 24.9 Å². The van der Waals surface area contributed by atoms with Crippen LogP contribution in [0.3, 0.4) is 0 Å². The predicted octanol–water partition coefficient (Wildman–Crippen LogP) is 2.82. The average Bonchev–Trinajstić information content (AvgIpc) is 2.47. The van der Waals surface area contributed by atoms with E-state index < -0.39 is 0 Å². The molecule has 1 fully saturated rings. The molecule has 3 atom stereocenters. The van der Waals surface area contributed by atoms with Crippen LogP contribution in [0.25, 0.3) is 0 Å². The van der Waals surface area contributed by atoms with Crippen molar-refractivity contribution in [3.63, 3.8) is 0 Å². The molecular formula is C17H27NO3. The Hall–Kier alpha value is -1.10. The molecule has 0 bridgehead atoms. The molecule has 1 N–H and O–H groups in total. The molecule has 1 unspecified atom stereocenters. The number of hydrogen-bond acceptors (Lipinski definition) is 4. The highest BCUT2D eigenvalue weighted by molar-refractivity contribution is 5.31. The third kappa shape index (κ3) is 4.19. The lowest BCUT2D eigenvalue weighted by Gasteiger charge is -2.38. The van der Waals surface area contributed by atoms with Gasteiger partial charge >= 0.3 is 0 Å². The van der Waals surface area contributed by atoms with Crippen LogP contribution < -0.4 is 4.74 Å². The zero-order valence-corrected chi connectivity index (χ0v) is 13.3. The minimum Gasteiger partial charge on any atom is -0.468 e. The number of rotatable bonds is 6. The first-order valence-corrected chi connectivity index (χ1v) is 7.69. The summed E-state index contributed by atoms with van der Waals surface area (Å²) in [6.07, 6.45) is 4.11. The number of aliphatic hydroxyl groups is 1. The van der Waals surface area contributed by atoms with Gasteiger partial charge in [0, 0.05) is 19.1 Å². The Morgan fingerprint density at radius 2 is 2.05 bits per heavy atom. The number of methoxy groups -OCH3 is 1. The van der Waals surface area contributed by atoms with Crippen molar-refractivity contribution in [1.82, 2.24) is 4.90 Å². The highest BCUT2D eigenvalue weighted by Crippen LogP contribution is 2.38. The van der Waals surface area contributed by atoms with Crippen LogP contribution in [0.15, 0.2) is 24.3 Å². The summed E-state index contributed by atoms with van der Waals surface area (Å²) in [6, 6.07) is 8.33. The van der Waals surface area contributed by atoms with Gasteiger partial charge in [0.2, 0.25) is 0 Å². The summed E-state index contributed by atoms with van der Waals surface area (Å²) in [5.74, 6) is 1.10. The molecule has 118 valence electrons. The topological polar surface area (TPSA) is 41.9 Å². The summed E-state index contributed by atoms with van der Waals surface area (Å²) in [5.41, 5.74) is 1.19. The quantitative estimate of drug-likeness (QED) is 0.819. The normalized spacial score (nSPS) is 24.0. The van der Waals surface area contributed by atoms with E-state index in [0.29, 0.717) is 0 Å². The Balaban J connectivity index is 2.21. The van der Waals surface area contributed by atoms with E-state index in [4.69, 9.17) is 9.47 Å². The van der Waals surface area contributed by atoms with Gasteiger partial charge in [0.1, 0.15) is 5.75 Å². The van der Waals surface area contributed by atoms with Crippen molar-refractivity contribution >= 4 is 0 Å². The first-order chi connectivity index (χ1) is 10.1. The maximum atomic E-state index is 10.4. The number of hydrogen-bond donors (Lipinski definition) is 1. The van der Waals surface area contributed by atoms with E-state index in [9.17, 15) is 5.11 Å². The van der Waals surface area contributed by atoms with Crippen LogP contribution in [0.4, 0.5) is 0 Å². The van der Waals surface area contributed by atoms with E-state index in [0.717, 1.165) is 25.0 Å². The van der Waals surface area contributed by atoms with E-state index in [1.54, 1.807) is 7.11 Å². The van der Waals surface area contributed by atoms with Crippen LogP contribution in [0.1, 0.15) is 37.3 Å². The summed E-state index contributed by atoms with van der Waals surface area (Å²) in [7, 11) is 5.77. The lowest BCUT2D eigenvalue weighted by atomic mass is 9.78. The van der Waals surface area contributed by atoms with Gasteiger partial charge in [-0.15, -0.1) is 0 Å². The van der Waals surface area contributed by atoms with E-state index in [1.807, 2.05) is 12.1 Å². The van der Waals surface area contributed by atoms with Crippen molar-refractivity contribution in [3.05, 3.63) is 29.8 Å². The summed E-state index contributed by atoms with van der Waals surface area (Å²) in [4.78, 5) is 2.20. The fourth-order valence-electron chi connectivity index (χ4n) is 3.35. The lowest BCUT2D eigenvalue weighted by Crippen LogP contribution is -2.36. The third-order valence-corrected chi connectivity index (χ3v) is 4.29. The van der Waals surface area contributed by atoms with Crippen LogP contribution in [-0.4, -0.2) is 44.1 Å². The molecule has 1 aliphatic rings. The van der Waals surface area contributed by atoms with Crippen molar-refractivity contribution < 1.29 is 14.6 Å². The van der Waals surface area contributed by atoms with Gasteiger partial charge in [0.15, 0.2) is 6.79 Å². The van der Waals surface area contributed by atoms with Crippen molar-refractivity contribution in [1.29, 1.82) is 0 Å². The Kier molecular flexibility index (Phi) is 6.03. The van der Waals surface area contributed by atoms with Crippen molar-refractivity contribution in [2.45, 2.75) is 37.8 Å². The molecular weight excluding hydrogens is 266 g/mol. The molecule has 0 aliphatic heterocycles. The second kappa shape index (κ2) is 7.78. The van der Waals surface area contributed by atoms with Gasteiger partial charge in [-0.05, 0) is 44.6 Å². The monoisotopic (exact) mass is 293 g/mol. The first kappa shape index (κ1) is 16.3. The Morgan fingerprint density at radius 1 is 1.29 bits per heavy atom. The summed E-state index contributed by atoms with van der Waals surface area (Å²) in [5, 5.41) is 10.4. The van der Waals surface area contributed by atoms with E-state index >= 15 is 0 Å². The number of nitrogens with zero attached hydrogens (tertiary/aromatic N) is 1. The fraction of sp³-hybridized carbons (Fsp3) is 0.647. The zero-order valence-electron chi connectivity index (χ0n) is 13.3. The highest BCUT2D eigenvalue weighted by atomic mass is 16.7. The third-order valence-electron chi connectivity index (χ3n) is 4.29. The van der Waals surface area contributed by atoms with Gasteiger partial charge in [-0.25, -0.2) is 0 Å². The fourth-order valence-corrected chi connectivity index (χ4v) is 3.35. The minimum atomic E-state index is -0.213. The SMILES string of the molecule is COCOc1cccc(C([C@@H]2CCCC[C@H]2O)N(C)C)c1. The van der Waals surface area contributed by atoms with Gasteiger partial charge in [0.05, 0.1) is 6.10 Å². The molecule has 0 heterocycles. The summed E-state index contributed by atoms with van der Waals surface area (Å²) >= 11 is 0. The summed E-state index contributed by atoms with van der Waals surface area (Å²) in [6.45, 7) is 0.252. The van der Waals surface area contributed by atoms with Crippen LogP contribution in [0.5, 0.6) is 5.75 Å². The van der Waals surface area contributed by atoms with Gasteiger partial charge in [-0.3, -0.25) is 0 Å². The number of benzene rings is 1. The molecule has 4 nitrogen and oxygen atoms in total. The zero-order chi connectivity index (χ0) is 15.2. The molecule has 2 rings (SSSR count). The number of ether oxygens (including phenoxy) is 2. The maximum Gasteiger partial charge on any atom is 0.188 e. The standard InChI is InChI=1S/C17H27NO3/c1-18(2)17(15-9-4-5-10-16(15)19)13-7-6-8-14(11-13)21-12-20-3/h6-8,11,15-17,19H,4-5,9-10,12H2,1-3H3/t15-,16-,17?/m1/s1. The van der Waals surface area contributed by atoms with Crippen LogP contribution in [0.2, 0.25) is 0 Å². The Morgan fingerprint density at radius 3 is 2.71 bits per heavy atom. The van der Waals surface area contributed by atoms with E-state index in [2.05, 4.69) is 31.1 Å². The lowest BCUT2D eigenvalue weighted by molar-refractivity contribution is 0.0217. The smallest absolute Gasteiger partial charge is 0.188 e. The summed E-state index contributed by atoms with van der Waals surface area (Å²) < 4.78 is 10.5. The van der Waals surface area contributed by atoms with Crippen LogP contribution >= 0.6 is 0 Å². The maximum absolute atomic E-state index is 10.4. The van der Waals surface area contributed by atoms with Crippen molar-refractivity contribution in [2.75, 3.05) is 28.0 Å². The van der Waals surface area contributed by atoms with E-state index in [1.165, 1.54) is 12.0 Å². The molecule has 1 aliphatic carbocycles. The molecule has 0 amide bonds. The average molecular weight is 293 g/mol. The molecule has 0 radical (unpaired) electrons. The largest absolute Gasteiger partial charge is 0.468 e. The highest BCUT2D eigenvalue weighted by Gasteiger charge is 2.33. The van der Waals surface area contributed by atoms with Crippen LogP contribution in [0, 0.1) is 5.92 Å². The first-order valence-electron chi connectivity index (χ1n) is 7.69. The second-order valence-corrected chi connectivity index (χ2v) is 6.05. The van der Waals surface area contributed by atoms with Gasteiger partial charge in [-0.1, -0.05) is 25.0 Å². The molecule has 4 heteroatoms. The molecule has 1 aromatic carbocycles.